The van der Waals surface area contributed by atoms with Crippen molar-refractivity contribution in [2.45, 2.75) is 29.9 Å². The van der Waals surface area contributed by atoms with Crippen LogP contribution in [0, 0.1) is 5.82 Å². The van der Waals surface area contributed by atoms with Crippen molar-refractivity contribution < 1.29 is 28.2 Å². The van der Waals surface area contributed by atoms with Gasteiger partial charge < -0.3 is 20.1 Å². The minimum atomic E-state index is -1.21. The molecule has 0 heterocycles. The fourth-order valence-corrected chi connectivity index (χ4v) is 3.70. The molecule has 1 saturated carbocycles. The molecule has 0 aromatic heterocycles. The Labute approximate surface area is 190 Å². The molecule has 0 bridgehead atoms. The van der Waals surface area contributed by atoms with Crippen LogP contribution in [0.15, 0.2) is 53.4 Å². The highest BCUT2D eigenvalue weighted by Crippen LogP contribution is 2.27. The molecule has 2 amide bonds. The van der Waals surface area contributed by atoms with E-state index in [0.717, 1.165) is 12.8 Å². The number of ether oxygens (including phenoxy) is 2. The lowest BCUT2D eigenvalue weighted by Crippen LogP contribution is -2.33. The molecule has 1 aliphatic rings. The minimum Gasteiger partial charge on any atom is -0.444 e. The van der Waals surface area contributed by atoms with E-state index in [1.54, 1.807) is 31.4 Å². The smallest absolute Gasteiger partial charge is 0.340 e. The molecule has 2 aromatic rings. The number of methoxy groups -OCH3 is 1. The second kappa shape index (κ2) is 11.6. The molecule has 2 N–H and O–H groups in total. The van der Waals surface area contributed by atoms with Crippen LogP contribution in [-0.2, 0) is 19.1 Å². The average molecular weight is 461 g/mol. The first kappa shape index (κ1) is 23.7. The first-order valence-electron chi connectivity index (χ1n) is 10.2. The third-order valence-electron chi connectivity index (χ3n) is 4.65. The van der Waals surface area contributed by atoms with Crippen LogP contribution in [0.1, 0.15) is 34.9 Å². The van der Waals surface area contributed by atoms with Crippen LogP contribution in [0.3, 0.4) is 0 Å². The Morgan fingerprint density at radius 3 is 2.53 bits per heavy atom. The second-order valence-corrected chi connectivity index (χ2v) is 8.26. The van der Waals surface area contributed by atoms with Crippen molar-refractivity contribution in [3.05, 3.63) is 65.5 Å². The van der Waals surface area contributed by atoms with E-state index in [9.17, 15) is 18.8 Å². The van der Waals surface area contributed by atoms with Gasteiger partial charge in [0.15, 0.2) is 0 Å². The molecule has 0 radical (unpaired) electrons. The zero-order valence-corrected chi connectivity index (χ0v) is 18.5. The summed E-state index contributed by atoms with van der Waals surface area (Å²) in [7, 11) is 1.55. The van der Waals surface area contributed by atoms with Crippen molar-refractivity contribution in [3.63, 3.8) is 0 Å². The molecule has 170 valence electrons. The van der Waals surface area contributed by atoms with Crippen molar-refractivity contribution in [2.75, 3.05) is 26.0 Å². The van der Waals surface area contributed by atoms with E-state index in [4.69, 9.17) is 9.47 Å². The lowest BCUT2D eigenvalue weighted by molar-refractivity contribution is -0.130. The van der Waals surface area contributed by atoms with E-state index >= 15 is 0 Å². The third kappa shape index (κ3) is 7.06. The SMILES string of the molecule is COCCNC(=O)CSc1ccccc1C(=O)O[C@@H](C(=O)NC1CC1)c1ccc(F)cc1. The van der Waals surface area contributed by atoms with Gasteiger partial charge in [-0.2, -0.15) is 0 Å². The summed E-state index contributed by atoms with van der Waals surface area (Å²) in [5.41, 5.74) is 0.620. The summed E-state index contributed by atoms with van der Waals surface area (Å²) in [4.78, 5) is 38.2. The second-order valence-electron chi connectivity index (χ2n) is 7.25. The summed E-state index contributed by atoms with van der Waals surface area (Å²) in [5, 5.41) is 5.54. The van der Waals surface area contributed by atoms with E-state index < -0.39 is 23.8 Å². The van der Waals surface area contributed by atoms with Gasteiger partial charge in [-0.15, -0.1) is 11.8 Å². The van der Waals surface area contributed by atoms with Gasteiger partial charge in [0, 0.05) is 30.2 Å². The Hall–Kier alpha value is -2.91. The first-order valence-corrected chi connectivity index (χ1v) is 11.2. The van der Waals surface area contributed by atoms with Gasteiger partial charge in [0.25, 0.3) is 5.91 Å². The standard InChI is InChI=1S/C23H25FN2O5S/c1-30-13-12-25-20(27)14-32-19-5-3-2-4-18(19)23(29)31-21(22(28)26-17-10-11-17)15-6-8-16(24)9-7-15/h2-9,17,21H,10-14H2,1H3,(H,25,27)(H,26,28)/t21-/m1/s1. The molecule has 0 saturated heterocycles. The molecule has 1 atom stereocenters. The Balaban J connectivity index is 1.71. The monoisotopic (exact) mass is 460 g/mol. The average Bonchev–Trinajstić information content (AvgIpc) is 3.61. The van der Waals surface area contributed by atoms with Gasteiger partial charge in [-0.25, -0.2) is 9.18 Å². The summed E-state index contributed by atoms with van der Waals surface area (Å²) in [6, 6.07) is 12.1. The van der Waals surface area contributed by atoms with Crippen LogP contribution in [0.4, 0.5) is 4.39 Å². The highest BCUT2D eigenvalue weighted by molar-refractivity contribution is 8.00. The van der Waals surface area contributed by atoms with Crippen LogP contribution in [0.25, 0.3) is 0 Å². The molecule has 9 heteroatoms. The quantitative estimate of drug-likeness (QED) is 0.304. The summed E-state index contributed by atoms with van der Waals surface area (Å²) >= 11 is 1.19. The number of rotatable bonds is 11. The predicted octanol–water partition coefficient (Wildman–Crippen LogP) is 2.86. The van der Waals surface area contributed by atoms with Gasteiger partial charge in [-0.05, 0) is 37.1 Å². The van der Waals surface area contributed by atoms with Crippen molar-refractivity contribution >= 4 is 29.5 Å². The van der Waals surface area contributed by atoms with Crippen LogP contribution in [-0.4, -0.2) is 49.8 Å². The Kier molecular flexibility index (Phi) is 8.64. The molecule has 1 aliphatic carbocycles. The molecular formula is C23H25FN2O5S. The molecule has 3 rings (SSSR count). The molecule has 7 nitrogen and oxygen atoms in total. The fraction of sp³-hybridized carbons (Fsp3) is 0.348. The van der Waals surface area contributed by atoms with Crippen molar-refractivity contribution in [2.24, 2.45) is 0 Å². The number of esters is 1. The lowest BCUT2D eigenvalue weighted by Gasteiger charge is -2.19. The van der Waals surface area contributed by atoms with Crippen LogP contribution < -0.4 is 10.6 Å². The van der Waals surface area contributed by atoms with Crippen LogP contribution >= 0.6 is 11.8 Å². The van der Waals surface area contributed by atoms with E-state index in [1.165, 1.54) is 36.0 Å². The third-order valence-corrected chi connectivity index (χ3v) is 5.73. The zero-order valence-electron chi connectivity index (χ0n) is 17.6. The van der Waals surface area contributed by atoms with Crippen molar-refractivity contribution in [1.29, 1.82) is 0 Å². The molecule has 0 unspecified atom stereocenters. The predicted molar refractivity (Wildman–Crippen MR) is 118 cm³/mol. The van der Waals surface area contributed by atoms with Gasteiger partial charge in [-0.3, -0.25) is 9.59 Å². The number of thioether (sulfide) groups is 1. The van der Waals surface area contributed by atoms with Gasteiger partial charge in [0.2, 0.25) is 12.0 Å². The molecule has 1 fully saturated rings. The number of benzene rings is 2. The zero-order chi connectivity index (χ0) is 22.9. The van der Waals surface area contributed by atoms with Gasteiger partial charge in [0.05, 0.1) is 17.9 Å². The summed E-state index contributed by atoms with van der Waals surface area (Å²) < 4.78 is 23.8. The summed E-state index contributed by atoms with van der Waals surface area (Å²) in [6.07, 6.45) is 0.544. The maximum Gasteiger partial charge on any atom is 0.340 e. The number of hydrogen-bond donors (Lipinski definition) is 2. The van der Waals surface area contributed by atoms with E-state index in [-0.39, 0.29) is 23.3 Å². The maximum absolute atomic E-state index is 13.3. The highest BCUT2D eigenvalue weighted by atomic mass is 32.2. The van der Waals surface area contributed by atoms with Gasteiger partial charge >= 0.3 is 5.97 Å². The number of carbonyl (C=O) groups excluding carboxylic acids is 3. The number of carbonyl (C=O) groups is 3. The van der Waals surface area contributed by atoms with Crippen molar-refractivity contribution in [3.8, 4) is 0 Å². The van der Waals surface area contributed by atoms with Crippen LogP contribution in [0.5, 0.6) is 0 Å². The van der Waals surface area contributed by atoms with E-state index in [0.29, 0.717) is 23.6 Å². The Morgan fingerprint density at radius 1 is 1.12 bits per heavy atom. The van der Waals surface area contributed by atoms with E-state index in [2.05, 4.69) is 10.6 Å². The van der Waals surface area contributed by atoms with Crippen LogP contribution in [0.2, 0.25) is 0 Å². The molecule has 0 spiro atoms. The normalized spacial score (nSPS) is 13.8. The number of hydrogen-bond acceptors (Lipinski definition) is 6. The highest BCUT2D eigenvalue weighted by Gasteiger charge is 2.31. The lowest BCUT2D eigenvalue weighted by atomic mass is 10.1. The largest absolute Gasteiger partial charge is 0.444 e. The number of amides is 2. The number of nitrogens with one attached hydrogen (secondary N) is 2. The topological polar surface area (TPSA) is 93.7 Å². The maximum atomic E-state index is 13.3. The molecule has 32 heavy (non-hydrogen) atoms. The summed E-state index contributed by atoms with van der Waals surface area (Å²) in [6.45, 7) is 0.808. The number of halogens is 1. The van der Waals surface area contributed by atoms with Crippen molar-refractivity contribution in [1.82, 2.24) is 10.6 Å². The first-order chi connectivity index (χ1) is 15.5. The molecule has 0 aliphatic heterocycles. The Bertz CT molecular complexity index is 950. The van der Waals surface area contributed by atoms with E-state index in [1.807, 2.05) is 0 Å². The Morgan fingerprint density at radius 2 is 1.84 bits per heavy atom. The van der Waals surface area contributed by atoms with Gasteiger partial charge in [-0.1, -0.05) is 24.3 Å². The summed E-state index contributed by atoms with van der Waals surface area (Å²) in [5.74, 6) is -1.68. The minimum absolute atomic E-state index is 0.0728. The fourth-order valence-electron chi connectivity index (χ4n) is 2.83. The molecular weight excluding hydrogens is 435 g/mol. The van der Waals surface area contributed by atoms with Gasteiger partial charge in [0.1, 0.15) is 5.82 Å². The molecule has 2 aromatic carbocycles.